The molecule has 76 valence electrons. The zero-order valence-electron chi connectivity index (χ0n) is 8.06. The second-order valence-corrected chi connectivity index (χ2v) is 3.22. The fourth-order valence-corrected chi connectivity index (χ4v) is 1.32. The highest BCUT2D eigenvalue weighted by molar-refractivity contribution is 5.29. The van der Waals surface area contributed by atoms with E-state index in [1.807, 2.05) is 0 Å². The zero-order chi connectivity index (χ0) is 10.7. The van der Waals surface area contributed by atoms with Crippen molar-refractivity contribution in [3.63, 3.8) is 0 Å². The Balaban J connectivity index is 3.17. The van der Waals surface area contributed by atoms with Gasteiger partial charge in [0.05, 0.1) is 0 Å². The van der Waals surface area contributed by atoms with Gasteiger partial charge in [-0.3, -0.25) is 0 Å². The largest absolute Gasteiger partial charge is 0.324 e. The minimum Gasteiger partial charge on any atom is -0.324 e. The van der Waals surface area contributed by atoms with E-state index in [0.717, 1.165) is 0 Å². The Labute approximate surface area is 82.2 Å². The molecule has 1 nitrogen and oxygen atoms in total. The van der Waals surface area contributed by atoms with Crippen molar-refractivity contribution in [1.29, 1.82) is 0 Å². The van der Waals surface area contributed by atoms with Crippen LogP contribution in [0.15, 0.2) is 24.8 Å². The predicted octanol–water partition coefficient (Wildman–Crippen LogP) is 2.85. The maximum absolute atomic E-state index is 13.5. The van der Waals surface area contributed by atoms with Crippen LogP contribution in [0, 0.1) is 18.6 Å². The zero-order valence-corrected chi connectivity index (χ0v) is 8.06. The lowest BCUT2D eigenvalue weighted by atomic mass is 10.0. The van der Waals surface area contributed by atoms with Gasteiger partial charge in [0, 0.05) is 11.6 Å². The highest BCUT2D eigenvalue weighted by atomic mass is 19.1. The molecule has 3 heteroatoms. The molecule has 0 bridgehead atoms. The van der Waals surface area contributed by atoms with Gasteiger partial charge < -0.3 is 5.73 Å². The molecule has 14 heavy (non-hydrogen) atoms. The first-order valence-corrected chi connectivity index (χ1v) is 4.39. The van der Waals surface area contributed by atoms with Gasteiger partial charge in [0.2, 0.25) is 0 Å². The molecule has 0 fully saturated rings. The van der Waals surface area contributed by atoms with Crippen molar-refractivity contribution in [1.82, 2.24) is 0 Å². The number of nitrogens with two attached hydrogens (primary N) is 1. The first-order chi connectivity index (χ1) is 6.57. The molecule has 0 radical (unpaired) electrons. The van der Waals surface area contributed by atoms with Crippen LogP contribution < -0.4 is 5.73 Å². The van der Waals surface area contributed by atoms with Crippen molar-refractivity contribution in [2.24, 2.45) is 5.73 Å². The van der Waals surface area contributed by atoms with Crippen LogP contribution in [0.5, 0.6) is 0 Å². The van der Waals surface area contributed by atoms with Gasteiger partial charge in [0.1, 0.15) is 11.6 Å². The van der Waals surface area contributed by atoms with Gasteiger partial charge in [-0.2, -0.15) is 0 Å². The minimum atomic E-state index is -0.660. The minimum absolute atomic E-state index is 0.0510. The summed E-state index contributed by atoms with van der Waals surface area (Å²) in [6.07, 6.45) is 1.91. The Morgan fingerprint density at radius 3 is 2.71 bits per heavy atom. The quantitative estimate of drug-likeness (QED) is 0.741. The third-order valence-electron chi connectivity index (χ3n) is 2.11. The third-order valence-corrected chi connectivity index (χ3v) is 2.11. The van der Waals surface area contributed by atoms with Crippen LogP contribution in [0.3, 0.4) is 0 Å². The van der Waals surface area contributed by atoms with Crippen molar-refractivity contribution < 1.29 is 8.78 Å². The summed E-state index contributed by atoms with van der Waals surface area (Å²) in [5.74, 6) is -1.15. The summed E-state index contributed by atoms with van der Waals surface area (Å²) in [7, 11) is 0. The Hall–Kier alpha value is -1.22. The molecule has 2 N–H and O–H groups in total. The molecule has 0 saturated carbocycles. The molecule has 0 aliphatic heterocycles. The van der Waals surface area contributed by atoms with Gasteiger partial charge in [0.15, 0.2) is 0 Å². The Kier molecular flexibility index (Phi) is 3.36. The van der Waals surface area contributed by atoms with Crippen molar-refractivity contribution in [2.75, 3.05) is 0 Å². The predicted molar refractivity (Wildman–Crippen MR) is 52.8 cm³/mol. The normalized spacial score (nSPS) is 12.6. The van der Waals surface area contributed by atoms with Crippen LogP contribution in [-0.4, -0.2) is 0 Å². The van der Waals surface area contributed by atoms with Crippen molar-refractivity contribution >= 4 is 0 Å². The first-order valence-electron chi connectivity index (χ1n) is 4.39. The summed E-state index contributed by atoms with van der Waals surface area (Å²) in [6.45, 7) is 5.07. The highest BCUT2D eigenvalue weighted by Gasteiger charge is 2.16. The van der Waals surface area contributed by atoms with E-state index in [2.05, 4.69) is 6.58 Å². The number of benzene rings is 1. The lowest BCUT2D eigenvalue weighted by Gasteiger charge is -2.13. The van der Waals surface area contributed by atoms with Crippen LogP contribution in [0.4, 0.5) is 8.78 Å². The molecule has 0 spiro atoms. The maximum atomic E-state index is 13.5. The van der Waals surface area contributed by atoms with Crippen molar-refractivity contribution in [3.05, 3.63) is 47.5 Å². The SMILES string of the molecule is C=CCC(N)c1c(F)ccc(C)c1F. The molecule has 0 amide bonds. The van der Waals surface area contributed by atoms with Crippen LogP contribution in [0.1, 0.15) is 23.6 Å². The van der Waals surface area contributed by atoms with E-state index in [-0.39, 0.29) is 5.56 Å². The monoisotopic (exact) mass is 197 g/mol. The van der Waals surface area contributed by atoms with Gasteiger partial charge in [-0.25, -0.2) is 8.78 Å². The van der Waals surface area contributed by atoms with Crippen LogP contribution in [0.2, 0.25) is 0 Å². The van der Waals surface area contributed by atoms with Gasteiger partial charge in [-0.05, 0) is 25.0 Å². The molecular formula is C11H13F2N. The van der Waals surface area contributed by atoms with E-state index in [0.29, 0.717) is 12.0 Å². The molecule has 1 atom stereocenters. The highest BCUT2D eigenvalue weighted by Crippen LogP contribution is 2.23. The first kappa shape index (κ1) is 10.9. The molecular weight excluding hydrogens is 184 g/mol. The topological polar surface area (TPSA) is 26.0 Å². The molecule has 0 saturated heterocycles. The second-order valence-electron chi connectivity index (χ2n) is 3.22. The molecule has 0 heterocycles. The molecule has 1 aromatic carbocycles. The summed E-state index contributed by atoms with van der Waals surface area (Å²) < 4.78 is 26.7. The molecule has 0 aliphatic rings. The van der Waals surface area contributed by atoms with Crippen molar-refractivity contribution in [2.45, 2.75) is 19.4 Å². The standard InChI is InChI=1S/C11H13F2N/c1-3-4-9(14)10-8(12)6-5-7(2)11(10)13/h3,5-6,9H,1,4,14H2,2H3. The Morgan fingerprint density at radius 2 is 2.14 bits per heavy atom. The third kappa shape index (κ3) is 1.99. The fraction of sp³-hybridized carbons (Fsp3) is 0.273. The fourth-order valence-electron chi connectivity index (χ4n) is 1.32. The summed E-state index contributed by atoms with van der Waals surface area (Å²) >= 11 is 0. The maximum Gasteiger partial charge on any atom is 0.133 e. The number of hydrogen-bond acceptors (Lipinski definition) is 1. The van der Waals surface area contributed by atoms with Gasteiger partial charge in [-0.1, -0.05) is 12.1 Å². The van der Waals surface area contributed by atoms with Gasteiger partial charge >= 0.3 is 0 Å². The molecule has 1 aromatic rings. The number of rotatable bonds is 3. The Bertz CT molecular complexity index is 347. The summed E-state index contributed by atoms with van der Waals surface area (Å²) in [5, 5.41) is 0. The average Bonchev–Trinajstić information content (AvgIpc) is 2.13. The van der Waals surface area contributed by atoms with Gasteiger partial charge in [-0.15, -0.1) is 6.58 Å². The number of aryl methyl sites for hydroxylation is 1. The molecule has 0 aromatic heterocycles. The van der Waals surface area contributed by atoms with Crippen LogP contribution in [0.25, 0.3) is 0 Å². The van der Waals surface area contributed by atoms with E-state index in [1.54, 1.807) is 13.0 Å². The lowest BCUT2D eigenvalue weighted by molar-refractivity contribution is 0.522. The molecule has 1 rings (SSSR count). The smallest absolute Gasteiger partial charge is 0.133 e. The van der Waals surface area contributed by atoms with Crippen LogP contribution in [-0.2, 0) is 0 Å². The number of hydrogen-bond donors (Lipinski definition) is 1. The van der Waals surface area contributed by atoms with E-state index in [1.165, 1.54) is 12.1 Å². The van der Waals surface area contributed by atoms with Crippen molar-refractivity contribution in [3.8, 4) is 0 Å². The Morgan fingerprint density at radius 1 is 1.50 bits per heavy atom. The second kappa shape index (κ2) is 4.33. The number of halogens is 2. The van der Waals surface area contributed by atoms with Gasteiger partial charge in [0.25, 0.3) is 0 Å². The van der Waals surface area contributed by atoms with Crippen LogP contribution >= 0.6 is 0 Å². The average molecular weight is 197 g/mol. The molecule has 1 unspecified atom stereocenters. The van der Waals surface area contributed by atoms with E-state index >= 15 is 0 Å². The molecule has 0 aliphatic carbocycles. The summed E-state index contributed by atoms with van der Waals surface area (Å²) in [6, 6.07) is 1.97. The summed E-state index contributed by atoms with van der Waals surface area (Å²) in [5.41, 5.74) is 5.98. The van der Waals surface area contributed by atoms with E-state index < -0.39 is 17.7 Å². The van der Waals surface area contributed by atoms with E-state index in [4.69, 9.17) is 5.73 Å². The summed E-state index contributed by atoms with van der Waals surface area (Å²) in [4.78, 5) is 0. The van der Waals surface area contributed by atoms with E-state index in [9.17, 15) is 8.78 Å². The lowest BCUT2D eigenvalue weighted by Crippen LogP contribution is -2.14.